The summed E-state index contributed by atoms with van der Waals surface area (Å²) in [5.41, 5.74) is 2.12. The summed E-state index contributed by atoms with van der Waals surface area (Å²) in [7, 11) is 0. The number of nitrogens with zero attached hydrogens (tertiary/aromatic N) is 3. The highest BCUT2D eigenvalue weighted by Gasteiger charge is 2.17. The van der Waals surface area contributed by atoms with E-state index in [9.17, 15) is 14.0 Å². The fourth-order valence-electron chi connectivity index (χ4n) is 3.22. The van der Waals surface area contributed by atoms with Crippen LogP contribution < -0.4 is 5.32 Å². The zero-order valence-corrected chi connectivity index (χ0v) is 17.1. The first-order chi connectivity index (χ1) is 14.6. The molecule has 1 saturated heterocycles. The van der Waals surface area contributed by atoms with E-state index in [1.165, 1.54) is 23.1 Å². The largest absolute Gasteiger partial charge is 0.341 e. The zero-order chi connectivity index (χ0) is 20.9. The summed E-state index contributed by atoms with van der Waals surface area (Å²) in [4.78, 5) is 26.8. The number of anilines is 1. The van der Waals surface area contributed by atoms with Crippen molar-refractivity contribution in [2.24, 2.45) is 0 Å². The third-order valence-electron chi connectivity index (χ3n) is 4.87. The number of hydrogen-bond acceptors (Lipinski definition) is 4. The van der Waals surface area contributed by atoms with E-state index < -0.39 is 5.82 Å². The molecule has 4 rings (SSSR count). The molecule has 3 aromatic rings. The number of rotatable bonds is 5. The predicted molar refractivity (Wildman–Crippen MR) is 116 cm³/mol. The van der Waals surface area contributed by atoms with E-state index in [-0.39, 0.29) is 17.5 Å². The van der Waals surface area contributed by atoms with Crippen LogP contribution in [0.25, 0.3) is 5.69 Å². The highest BCUT2D eigenvalue weighted by molar-refractivity contribution is 7.99. The van der Waals surface area contributed by atoms with Gasteiger partial charge in [-0.25, -0.2) is 9.07 Å². The lowest BCUT2D eigenvalue weighted by Crippen LogP contribution is -2.38. The number of aromatic nitrogens is 2. The van der Waals surface area contributed by atoms with Gasteiger partial charge in [0.15, 0.2) is 0 Å². The van der Waals surface area contributed by atoms with Crippen molar-refractivity contribution in [2.75, 3.05) is 29.9 Å². The SMILES string of the molecule is O=C(Nc1ccc(CC(=O)N2CCSCC2)cc1)c1cnn(-c2ccccc2F)c1. The molecule has 0 bridgehead atoms. The van der Waals surface area contributed by atoms with Crippen LogP contribution in [0.3, 0.4) is 0 Å². The minimum absolute atomic E-state index is 0.132. The maximum Gasteiger partial charge on any atom is 0.258 e. The van der Waals surface area contributed by atoms with Crippen molar-refractivity contribution in [1.82, 2.24) is 14.7 Å². The van der Waals surface area contributed by atoms with Crippen molar-refractivity contribution in [3.8, 4) is 5.69 Å². The molecule has 1 aliphatic rings. The Hall–Kier alpha value is -3.13. The van der Waals surface area contributed by atoms with Gasteiger partial charge in [0.25, 0.3) is 5.91 Å². The fourth-order valence-corrected chi connectivity index (χ4v) is 4.12. The second kappa shape index (κ2) is 9.13. The van der Waals surface area contributed by atoms with E-state index in [2.05, 4.69) is 10.4 Å². The molecule has 1 aromatic heterocycles. The fraction of sp³-hybridized carbons (Fsp3) is 0.227. The van der Waals surface area contributed by atoms with Crippen LogP contribution in [-0.2, 0) is 11.2 Å². The molecule has 0 radical (unpaired) electrons. The molecule has 30 heavy (non-hydrogen) atoms. The van der Waals surface area contributed by atoms with Gasteiger partial charge in [-0.3, -0.25) is 9.59 Å². The highest BCUT2D eigenvalue weighted by Crippen LogP contribution is 2.16. The number of carbonyl (C=O) groups is 2. The van der Waals surface area contributed by atoms with Gasteiger partial charge in [-0.1, -0.05) is 24.3 Å². The maximum atomic E-state index is 13.9. The van der Waals surface area contributed by atoms with Crippen molar-refractivity contribution in [2.45, 2.75) is 6.42 Å². The standard InChI is InChI=1S/C22H21FN4O2S/c23-19-3-1-2-4-20(19)27-15-17(14-24-27)22(29)25-18-7-5-16(6-8-18)13-21(28)26-9-11-30-12-10-26/h1-8,14-15H,9-13H2,(H,25,29). The van der Waals surface area contributed by atoms with Crippen LogP contribution >= 0.6 is 11.8 Å². The molecule has 0 spiro atoms. The number of halogens is 1. The summed E-state index contributed by atoms with van der Waals surface area (Å²) < 4.78 is 15.2. The Labute approximate surface area is 178 Å². The van der Waals surface area contributed by atoms with E-state index in [1.54, 1.807) is 30.3 Å². The molecule has 8 heteroatoms. The summed E-state index contributed by atoms with van der Waals surface area (Å²) in [6, 6.07) is 13.5. The van der Waals surface area contributed by atoms with Crippen LogP contribution in [0.15, 0.2) is 60.9 Å². The molecule has 1 fully saturated rings. The number of para-hydroxylation sites is 1. The monoisotopic (exact) mass is 424 g/mol. The van der Waals surface area contributed by atoms with Gasteiger partial charge in [0, 0.05) is 36.5 Å². The third-order valence-corrected chi connectivity index (χ3v) is 5.82. The molecule has 0 saturated carbocycles. The Kier molecular flexibility index (Phi) is 6.13. The van der Waals surface area contributed by atoms with Crippen molar-refractivity contribution >= 4 is 29.3 Å². The molecule has 6 nitrogen and oxygen atoms in total. The van der Waals surface area contributed by atoms with Crippen LogP contribution in [0.4, 0.5) is 10.1 Å². The van der Waals surface area contributed by atoms with Gasteiger partial charge in [-0.2, -0.15) is 16.9 Å². The molecule has 0 atom stereocenters. The van der Waals surface area contributed by atoms with E-state index in [4.69, 9.17) is 0 Å². The molecular weight excluding hydrogens is 403 g/mol. The number of nitrogens with one attached hydrogen (secondary N) is 1. The molecule has 0 unspecified atom stereocenters. The smallest absolute Gasteiger partial charge is 0.258 e. The van der Waals surface area contributed by atoms with Crippen molar-refractivity contribution in [1.29, 1.82) is 0 Å². The lowest BCUT2D eigenvalue weighted by molar-refractivity contribution is -0.130. The van der Waals surface area contributed by atoms with Gasteiger partial charge in [0.2, 0.25) is 5.91 Å². The Balaban J connectivity index is 1.37. The van der Waals surface area contributed by atoms with Crippen molar-refractivity contribution < 1.29 is 14.0 Å². The van der Waals surface area contributed by atoms with Gasteiger partial charge < -0.3 is 10.2 Å². The number of carbonyl (C=O) groups excluding carboxylic acids is 2. The van der Waals surface area contributed by atoms with Gasteiger partial charge in [0.1, 0.15) is 11.5 Å². The molecule has 2 amide bonds. The summed E-state index contributed by atoms with van der Waals surface area (Å²) in [5, 5.41) is 6.87. The van der Waals surface area contributed by atoms with Gasteiger partial charge in [-0.05, 0) is 29.8 Å². The Morgan fingerprint density at radius 1 is 1.07 bits per heavy atom. The summed E-state index contributed by atoms with van der Waals surface area (Å²) in [6.07, 6.45) is 3.23. The van der Waals surface area contributed by atoms with Crippen molar-refractivity contribution in [3.05, 3.63) is 77.9 Å². The first-order valence-electron chi connectivity index (χ1n) is 9.65. The van der Waals surface area contributed by atoms with Gasteiger partial charge >= 0.3 is 0 Å². The quantitative estimate of drug-likeness (QED) is 0.682. The van der Waals surface area contributed by atoms with E-state index in [0.29, 0.717) is 17.7 Å². The average molecular weight is 425 g/mol. The average Bonchev–Trinajstić information content (AvgIpc) is 3.26. The lowest BCUT2D eigenvalue weighted by Gasteiger charge is -2.26. The molecule has 1 N–H and O–H groups in total. The molecular formula is C22H21FN4O2S. The number of thioether (sulfide) groups is 1. The van der Waals surface area contributed by atoms with Crippen LogP contribution in [0, 0.1) is 5.82 Å². The molecule has 1 aliphatic heterocycles. The molecule has 2 aromatic carbocycles. The third kappa shape index (κ3) is 4.71. The Bertz CT molecular complexity index is 1050. The number of amides is 2. The van der Waals surface area contributed by atoms with Crippen molar-refractivity contribution in [3.63, 3.8) is 0 Å². The van der Waals surface area contributed by atoms with E-state index in [1.807, 2.05) is 28.8 Å². The van der Waals surface area contributed by atoms with Crippen LogP contribution in [0.1, 0.15) is 15.9 Å². The van der Waals surface area contributed by atoms with Gasteiger partial charge in [0.05, 0.1) is 18.2 Å². The minimum Gasteiger partial charge on any atom is -0.341 e. The normalized spacial score (nSPS) is 13.8. The minimum atomic E-state index is -0.416. The van der Waals surface area contributed by atoms with Gasteiger partial charge in [-0.15, -0.1) is 0 Å². The summed E-state index contributed by atoms with van der Waals surface area (Å²) in [6.45, 7) is 1.61. The second-order valence-electron chi connectivity index (χ2n) is 6.95. The van der Waals surface area contributed by atoms with Crippen LogP contribution in [0.2, 0.25) is 0 Å². The summed E-state index contributed by atoms with van der Waals surface area (Å²) in [5.74, 6) is 1.36. The number of hydrogen-bond donors (Lipinski definition) is 1. The summed E-state index contributed by atoms with van der Waals surface area (Å²) >= 11 is 1.87. The zero-order valence-electron chi connectivity index (χ0n) is 16.3. The first-order valence-corrected chi connectivity index (χ1v) is 10.8. The van der Waals surface area contributed by atoms with E-state index in [0.717, 1.165) is 30.2 Å². The Morgan fingerprint density at radius 3 is 2.53 bits per heavy atom. The van der Waals surface area contributed by atoms with Crippen LogP contribution in [0.5, 0.6) is 0 Å². The first kappa shape index (κ1) is 20.2. The van der Waals surface area contributed by atoms with E-state index >= 15 is 0 Å². The molecule has 2 heterocycles. The molecule has 154 valence electrons. The van der Waals surface area contributed by atoms with Crippen LogP contribution in [-0.4, -0.2) is 51.1 Å². The Morgan fingerprint density at radius 2 is 1.80 bits per heavy atom. The highest BCUT2D eigenvalue weighted by atomic mass is 32.2. The lowest BCUT2D eigenvalue weighted by atomic mass is 10.1. The molecule has 0 aliphatic carbocycles. The maximum absolute atomic E-state index is 13.9. The topological polar surface area (TPSA) is 67.2 Å². The number of benzene rings is 2. The predicted octanol–water partition coefficient (Wildman–Crippen LogP) is 3.38. The second-order valence-corrected chi connectivity index (χ2v) is 8.17.